The lowest BCUT2D eigenvalue weighted by Gasteiger charge is -2.12. The zero-order valence-corrected chi connectivity index (χ0v) is 8.40. The van der Waals surface area contributed by atoms with Gasteiger partial charge >= 0.3 is 0 Å². The fourth-order valence-electron chi connectivity index (χ4n) is 1.23. The van der Waals surface area contributed by atoms with E-state index >= 15 is 0 Å². The van der Waals surface area contributed by atoms with Gasteiger partial charge in [0.05, 0.1) is 24.8 Å². The van der Waals surface area contributed by atoms with Crippen molar-refractivity contribution in [3.8, 4) is 17.6 Å². The maximum Gasteiger partial charge on any atom is 0.162 e. The van der Waals surface area contributed by atoms with Crippen molar-refractivity contribution < 1.29 is 9.84 Å². The molecule has 15 heavy (non-hydrogen) atoms. The summed E-state index contributed by atoms with van der Waals surface area (Å²) >= 11 is 0. The summed E-state index contributed by atoms with van der Waals surface area (Å²) < 4.78 is 4.93. The molecule has 0 aromatic heterocycles. The molecule has 78 valence electrons. The van der Waals surface area contributed by atoms with Crippen LogP contribution in [0.3, 0.4) is 0 Å². The van der Waals surface area contributed by atoms with Crippen molar-refractivity contribution >= 4 is 0 Å². The minimum atomic E-state index is -0.521. The van der Waals surface area contributed by atoms with Crippen LogP contribution in [0.4, 0.5) is 0 Å². The van der Waals surface area contributed by atoms with Crippen LogP contribution >= 0.6 is 0 Å². The number of nitrogens with zero attached hydrogens (tertiary/aromatic N) is 1. The molecule has 0 saturated carbocycles. The van der Waals surface area contributed by atoms with Crippen LogP contribution in [0.25, 0.3) is 0 Å². The lowest BCUT2D eigenvalue weighted by atomic mass is 10.0. The monoisotopic (exact) mass is 204 g/mol. The predicted octanol–water partition coefficient (Wildman–Crippen LogP) is 1.46. The van der Waals surface area contributed by atoms with Gasteiger partial charge in [0.25, 0.3) is 0 Å². The third-order valence-corrected chi connectivity index (χ3v) is 2.07. The summed E-state index contributed by atoms with van der Waals surface area (Å²) in [7, 11) is 1.42. The van der Waals surface area contributed by atoms with E-state index in [1.807, 2.05) is 6.07 Å². The molecule has 0 bridgehead atoms. The fourth-order valence-corrected chi connectivity index (χ4v) is 1.23. The van der Waals surface area contributed by atoms with Gasteiger partial charge in [0.1, 0.15) is 0 Å². The van der Waals surface area contributed by atoms with E-state index < -0.39 is 6.04 Å². The second kappa shape index (κ2) is 4.49. The average molecular weight is 204 g/mol. The maximum atomic E-state index is 9.75. The zero-order chi connectivity index (χ0) is 11.4. The number of aromatic hydroxyl groups is 1. The molecule has 4 nitrogen and oxygen atoms in total. The number of nitrogens with two attached hydrogens (primary N) is 1. The number of phenolic OH excluding ortho intramolecular Hbond substituents is 1. The van der Waals surface area contributed by atoms with Gasteiger partial charge in [-0.1, -0.05) is 6.08 Å². The molecule has 3 N–H and O–H groups in total. The van der Waals surface area contributed by atoms with Gasteiger partial charge in [0, 0.05) is 11.6 Å². The predicted molar refractivity (Wildman–Crippen MR) is 56.5 cm³/mol. The van der Waals surface area contributed by atoms with Crippen LogP contribution in [0.5, 0.6) is 11.5 Å². The number of phenols is 1. The number of hydrogen-bond acceptors (Lipinski definition) is 4. The molecule has 1 atom stereocenters. The Morgan fingerprint density at radius 1 is 1.67 bits per heavy atom. The summed E-state index contributed by atoms with van der Waals surface area (Å²) in [6, 6.07) is 4.42. The van der Waals surface area contributed by atoms with Gasteiger partial charge in [0.15, 0.2) is 11.5 Å². The van der Waals surface area contributed by atoms with Crippen LogP contribution in [-0.4, -0.2) is 12.2 Å². The second-order valence-corrected chi connectivity index (χ2v) is 2.99. The number of methoxy groups -OCH3 is 1. The van der Waals surface area contributed by atoms with Crippen LogP contribution in [0, 0.1) is 11.3 Å². The molecular weight excluding hydrogens is 192 g/mol. The minimum absolute atomic E-state index is 0.0519. The second-order valence-electron chi connectivity index (χ2n) is 2.99. The molecular formula is C11H12N2O2. The standard InChI is InChI=1S/C11H12N2O2/c1-3-9(13)8-4-7(6-12)5-10(15-2)11(8)14/h3-5,9,14H,1,13H2,2H3/t9-/m0/s1. The normalized spacial score (nSPS) is 11.5. The van der Waals surface area contributed by atoms with Crippen molar-refractivity contribution in [2.45, 2.75) is 6.04 Å². The Hall–Kier alpha value is -1.99. The molecule has 0 saturated heterocycles. The van der Waals surface area contributed by atoms with Crippen molar-refractivity contribution in [3.05, 3.63) is 35.9 Å². The minimum Gasteiger partial charge on any atom is -0.504 e. The fraction of sp³-hybridized carbons (Fsp3) is 0.182. The first kappa shape index (κ1) is 11.1. The SMILES string of the molecule is C=C[C@H](N)c1cc(C#N)cc(OC)c1O. The summed E-state index contributed by atoms with van der Waals surface area (Å²) in [5, 5.41) is 18.5. The lowest BCUT2D eigenvalue weighted by Crippen LogP contribution is -2.07. The van der Waals surface area contributed by atoms with E-state index in [0.29, 0.717) is 11.1 Å². The molecule has 0 heterocycles. The van der Waals surface area contributed by atoms with Crippen molar-refractivity contribution in [1.29, 1.82) is 5.26 Å². The highest BCUT2D eigenvalue weighted by atomic mass is 16.5. The maximum absolute atomic E-state index is 9.75. The third kappa shape index (κ3) is 2.09. The topological polar surface area (TPSA) is 79.3 Å². The van der Waals surface area contributed by atoms with Gasteiger partial charge in [-0.25, -0.2) is 0 Å². The van der Waals surface area contributed by atoms with Crippen LogP contribution in [0.1, 0.15) is 17.2 Å². The number of ether oxygens (including phenoxy) is 1. The van der Waals surface area contributed by atoms with E-state index in [1.165, 1.54) is 25.3 Å². The molecule has 0 aliphatic carbocycles. The first-order valence-electron chi connectivity index (χ1n) is 4.33. The number of rotatable bonds is 3. The van der Waals surface area contributed by atoms with Crippen LogP contribution in [0.15, 0.2) is 24.8 Å². The molecule has 0 radical (unpaired) electrons. The quantitative estimate of drug-likeness (QED) is 0.730. The van der Waals surface area contributed by atoms with E-state index in [0.717, 1.165) is 0 Å². The highest BCUT2D eigenvalue weighted by Gasteiger charge is 2.14. The Kier molecular flexibility index (Phi) is 3.32. The van der Waals surface area contributed by atoms with Crippen molar-refractivity contribution in [3.63, 3.8) is 0 Å². The van der Waals surface area contributed by atoms with Gasteiger partial charge < -0.3 is 15.6 Å². The van der Waals surface area contributed by atoms with Crippen LogP contribution < -0.4 is 10.5 Å². The smallest absolute Gasteiger partial charge is 0.162 e. The van der Waals surface area contributed by atoms with Crippen molar-refractivity contribution in [2.24, 2.45) is 5.73 Å². The van der Waals surface area contributed by atoms with Gasteiger partial charge in [-0.2, -0.15) is 5.26 Å². The number of nitriles is 1. The first-order chi connectivity index (χ1) is 7.13. The average Bonchev–Trinajstić information content (AvgIpc) is 2.28. The number of hydrogen-bond donors (Lipinski definition) is 2. The molecule has 0 unspecified atom stereocenters. The van der Waals surface area contributed by atoms with Gasteiger partial charge in [-0.3, -0.25) is 0 Å². The molecule has 0 aliphatic heterocycles. The van der Waals surface area contributed by atoms with E-state index in [2.05, 4.69) is 6.58 Å². The van der Waals surface area contributed by atoms with Gasteiger partial charge in [-0.15, -0.1) is 6.58 Å². The molecule has 0 aliphatic rings. The molecule has 1 aromatic carbocycles. The Morgan fingerprint density at radius 2 is 2.33 bits per heavy atom. The lowest BCUT2D eigenvalue weighted by molar-refractivity contribution is 0.369. The van der Waals surface area contributed by atoms with E-state index in [-0.39, 0.29) is 11.5 Å². The zero-order valence-electron chi connectivity index (χ0n) is 8.40. The molecule has 0 fully saturated rings. The van der Waals surface area contributed by atoms with E-state index in [9.17, 15) is 5.11 Å². The summed E-state index contributed by atoms with van der Waals surface area (Å²) in [5.41, 5.74) is 6.52. The van der Waals surface area contributed by atoms with E-state index in [1.54, 1.807) is 0 Å². The van der Waals surface area contributed by atoms with Crippen molar-refractivity contribution in [1.82, 2.24) is 0 Å². The van der Waals surface area contributed by atoms with Crippen LogP contribution in [-0.2, 0) is 0 Å². The van der Waals surface area contributed by atoms with E-state index in [4.69, 9.17) is 15.7 Å². The summed E-state index contributed by atoms with van der Waals surface area (Å²) in [6.07, 6.45) is 1.48. The number of benzene rings is 1. The summed E-state index contributed by atoms with van der Waals surface area (Å²) in [5.74, 6) is 0.185. The molecule has 0 spiro atoms. The Morgan fingerprint density at radius 3 is 2.80 bits per heavy atom. The Labute approximate surface area is 88.2 Å². The molecule has 1 aromatic rings. The first-order valence-corrected chi connectivity index (χ1v) is 4.33. The summed E-state index contributed by atoms with van der Waals surface area (Å²) in [4.78, 5) is 0. The van der Waals surface area contributed by atoms with Crippen molar-refractivity contribution in [2.75, 3.05) is 7.11 Å². The summed E-state index contributed by atoms with van der Waals surface area (Å²) in [6.45, 7) is 3.53. The molecule has 1 rings (SSSR count). The molecule has 4 heteroatoms. The van der Waals surface area contributed by atoms with Gasteiger partial charge in [-0.05, 0) is 6.07 Å². The Bertz CT molecular complexity index is 421. The van der Waals surface area contributed by atoms with Crippen LogP contribution in [0.2, 0.25) is 0 Å². The molecule has 0 amide bonds. The third-order valence-electron chi connectivity index (χ3n) is 2.07. The van der Waals surface area contributed by atoms with Gasteiger partial charge in [0.2, 0.25) is 0 Å². The largest absolute Gasteiger partial charge is 0.504 e. The Balaban J connectivity index is 3.37. The highest BCUT2D eigenvalue weighted by Crippen LogP contribution is 2.34. The highest BCUT2D eigenvalue weighted by molar-refractivity contribution is 5.53.